The highest BCUT2D eigenvalue weighted by Gasteiger charge is 2.12. The second kappa shape index (κ2) is 8.78. The molecule has 0 spiro atoms. The molecule has 0 atom stereocenters. The Kier molecular flexibility index (Phi) is 6.41. The number of carbonyl (C=O) groups is 1. The maximum atomic E-state index is 12.3. The lowest BCUT2D eigenvalue weighted by molar-refractivity contribution is 0.102. The normalized spacial score (nSPS) is 10.2. The van der Waals surface area contributed by atoms with Crippen LogP contribution in [0.25, 0.3) is 0 Å². The van der Waals surface area contributed by atoms with Crippen LogP contribution in [0.1, 0.15) is 37.0 Å². The van der Waals surface area contributed by atoms with Crippen molar-refractivity contribution in [2.45, 2.75) is 26.7 Å². The van der Waals surface area contributed by atoms with Crippen LogP contribution in [0, 0.1) is 0 Å². The number of aromatic nitrogens is 1. The largest absolute Gasteiger partial charge is 0.490 e. The van der Waals surface area contributed by atoms with Crippen molar-refractivity contribution in [1.29, 1.82) is 0 Å². The summed E-state index contributed by atoms with van der Waals surface area (Å²) < 4.78 is 11.4. The van der Waals surface area contributed by atoms with E-state index in [9.17, 15) is 4.79 Å². The predicted molar refractivity (Wildman–Crippen MR) is 90.2 cm³/mol. The number of anilines is 1. The molecule has 1 aromatic heterocycles. The van der Waals surface area contributed by atoms with Gasteiger partial charge in [-0.25, -0.2) is 0 Å². The fourth-order valence-electron chi connectivity index (χ4n) is 1.94. The number of pyridine rings is 1. The summed E-state index contributed by atoms with van der Waals surface area (Å²) in [7, 11) is 0. The molecule has 0 fully saturated rings. The van der Waals surface area contributed by atoms with Crippen LogP contribution in [0.5, 0.6) is 11.5 Å². The summed E-state index contributed by atoms with van der Waals surface area (Å²) in [5.41, 5.74) is 1.23. The zero-order valence-electron chi connectivity index (χ0n) is 13.5. The van der Waals surface area contributed by atoms with Crippen LogP contribution in [0.3, 0.4) is 0 Å². The van der Waals surface area contributed by atoms with Crippen LogP contribution >= 0.6 is 0 Å². The summed E-state index contributed by atoms with van der Waals surface area (Å²) in [5, 5.41) is 2.83. The van der Waals surface area contributed by atoms with Crippen molar-refractivity contribution in [3.8, 4) is 11.5 Å². The van der Waals surface area contributed by atoms with Crippen LogP contribution in [-0.4, -0.2) is 24.1 Å². The minimum atomic E-state index is -0.195. The molecule has 0 bridgehead atoms. The Morgan fingerprint density at radius 1 is 1.00 bits per heavy atom. The SMILES string of the molecule is CCCOc1ccc(C(=O)Nc2ccncc2)cc1OCCC. The molecule has 0 unspecified atom stereocenters. The molecule has 0 radical (unpaired) electrons. The molecular formula is C18H22N2O3. The van der Waals surface area contributed by atoms with Crippen molar-refractivity contribution in [1.82, 2.24) is 4.98 Å². The second-order valence-corrected chi connectivity index (χ2v) is 5.05. The maximum Gasteiger partial charge on any atom is 0.255 e. The Morgan fingerprint density at radius 2 is 1.65 bits per heavy atom. The van der Waals surface area contributed by atoms with E-state index < -0.39 is 0 Å². The molecule has 23 heavy (non-hydrogen) atoms. The van der Waals surface area contributed by atoms with Gasteiger partial charge in [-0.05, 0) is 43.2 Å². The summed E-state index contributed by atoms with van der Waals surface area (Å²) in [6, 6.07) is 8.72. The molecule has 2 rings (SSSR count). The third-order valence-corrected chi connectivity index (χ3v) is 3.07. The van der Waals surface area contributed by atoms with Gasteiger partial charge >= 0.3 is 0 Å². The number of hydrogen-bond donors (Lipinski definition) is 1. The van der Waals surface area contributed by atoms with Crippen molar-refractivity contribution in [2.75, 3.05) is 18.5 Å². The molecule has 0 aliphatic carbocycles. The Balaban J connectivity index is 2.16. The highest BCUT2D eigenvalue weighted by atomic mass is 16.5. The van der Waals surface area contributed by atoms with Gasteiger partial charge in [-0.1, -0.05) is 13.8 Å². The van der Waals surface area contributed by atoms with Crippen molar-refractivity contribution >= 4 is 11.6 Å². The average Bonchev–Trinajstić information content (AvgIpc) is 2.59. The van der Waals surface area contributed by atoms with Gasteiger partial charge in [0, 0.05) is 23.6 Å². The van der Waals surface area contributed by atoms with Crippen molar-refractivity contribution in [3.63, 3.8) is 0 Å². The van der Waals surface area contributed by atoms with E-state index in [1.54, 1.807) is 42.7 Å². The Bertz CT molecular complexity index is 629. The molecule has 0 saturated carbocycles. The van der Waals surface area contributed by atoms with Crippen LogP contribution in [0.4, 0.5) is 5.69 Å². The fraction of sp³-hybridized carbons (Fsp3) is 0.333. The van der Waals surface area contributed by atoms with Crippen LogP contribution < -0.4 is 14.8 Å². The molecular weight excluding hydrogens is 292 g/mol. The molecule has 0 aliphatic rings. The number of carbonyl (C=O) groups excluding carboxylic acids is 1. The molecule has 122 valence electrons. The van der Waals surface area contributed by atoms with Crippen molar-refractivity contribution in [3.05, 3.63) is 48.3 Å². The minimum Gasteiger partial charge on any atom is -0.490 e. The number of benzene rings is 1. The third kappa shape index (κ3) is 4.98. The summed E-state index contributed by atoms with van der Waals surface area (Å²) in [6.45, 7) is 5.28. The number of nitrogens with zero attached hydrogens (tertiary/aromatic N) is 1. The van der Waals surface area contributed by atoms with Crippen LogP contribution in [0.15, 0.2) is 42.7 Å². The van der Waals surface area contributed by atoms with Crippen LogP contribution in [0.2, 0.25) is 0 Å². The molecule has 2 aromatic rings. The standard InChI is InChI=1S/C18H22N2O3/c1-3-11-22-16-6-5-14(13-17(16)23-12-4-2)18(21)20-15-7-9-19-10-8-15/h5-10,13H,3-4,11-12H2,1-2H3,(H,19,20,21). The monoisotopic (exact) mass is 314 g/mol. The average molecular weight is 314 g/mol. The van der Waals surface area contributed by atoms with Gasteiger partial charge in [-0.3, -0.25) is 9.78 Å². The van der Waals surface area contributed by atoms with E-state index in [4.69, 9.17) is 9.47 Å². The number of ether oxygens (including phenoxy) is 2. The second-order valence-electron chi connectivity index (χ2n) is 5.05. The van der Waals surface area contributed by atoms with E-state index in [1.807, 2.05) is 13.8 Å². The first-order valence-corrected chi connectivity index (χ1v) is 7.85. The van der Waals surface area contributed by atoms with E-state index in [2.05, 4.69) is 10.3 Å². The van der Waals surface area contributed by atoms with Crippen molar-refractivity contribution in [2.24, 2.45) is 0 Å². The van der Waals surface area contributed by atoms with Gasteiger partial charge < -0.3 is 14.8 Å². The van der Waals surface area contributed by atoms with Gasteiger partial charge in [0.25, 0.3) is 5.91 Å². The first-order valence-electron chi connectivity index (χ1n) is 7.85. The number of amides is 1. The van der Waals surface area contributed by atoms with E-state index in [0.29, 0.717) is 36.0 Å². The number of hydrogen-bond acceptors (Lipinski definition) is 4. The lowest BCUT2D eigenvalue weighted by atomic mass is 10.2. The summed E-state index contributed by atoms with van der Waals surface area (Å²) in [6.07, 6.45) is 5.07. The molecule has 5 heteroatoms. The first-order chi connectivity index (χ1) is 11.2. The molecule has 1 N–H and O–H groups in total. The van der Waals surface area contributed by atoms with Gasteiger partial charge in [-0.2, -0.15) is 0 Å². The van der Waals surface area contributed by atoms with E-state index in [0.717, 1.165) is 12.8 Å². The third-order valence-electron chi connectivity index (χ3n) is 3.07. The quantitative estimate of drug-likeness (QED) is 0.802. The molecule has 1 aromatic carbocycles. The lowest BCUT2D eigenvalue weighted by Gasteiger charge is -2.13. The topological polar surface area (TPSA) is 60.5 Å². The molecule has 1 heterocycles. The summed E-state index contributed by atoms with van der Waals surface area (Å²) in [5.74, 6) is 1.07. The molecule has 0 aliphatic heterocycles. The van der Waals surface area contributed by atoms with Gasteiger partial charge in [0.1, 0.15) is 0 Å². The van der Waals surface area contributed by atoms with E-state index >= 15 is 0 Å². The Hall–Kier alpha value is -2.56. The van der Waals surface area contributed by atoms with E-state index in [1.165, 1.54) is 0 Å². The van der Waals surface area contributed by atoms with Crippen LogP contribution in [-0.2, 0) is 0 Å². The van der Waals surface area contributed by atoms with Gasteiger partial charge in [0.15, 0.2) is 11.5 Å². The fourth-order valence-corrected chi connectivity index (χ4v) is 1.94. The number of nitrogens with one attached hydrogen (secondary N) is 1. The Morgan fingerprint density at radius 3 is 2.30 bits per heavy atom. The molecule has 1 amide bonds. The summed E-state index contributed by atoms with van der Waals surface area (Å²) in [4.78, 5) is 16.3. The number of rotatable bonds is 8. The summed E-state index contributed by atoms with van der Waals surface area (Å²) >= 11 is 0. The maximum absolute atomic E-state index is 12.3. The zero-order valence-corrected chi connectivity index (χ0v) is 13.5. The lowest BCUT2D eigenvalue weighted by Crippen LogP contribution is -2.12. The molecule has 0 saturated heterocycles. The minimum absolute atomic E-state index is 0.195. The smallest absolute Gasteiger partial charge is 0.255 e. The predicted octanol–water partition coefficient (Wildman–Crippen LogP) is 3.91. The van der Waals surface area contributed by atoms with Gasteiger partial charge in [0.2, 0.25) is 0 Å². The highest BCUT2D eigenvalue weighted by molar-refractivity contribution is 6.04. The van der Waals surface area contributed by atoms with Gasteiger partial charge in [-0.15, -0.1) is 0 Å². The highest BCUT2D eigenvalue weighted by Crippen LogP contribution is 2.29. The molecule has 5 nitrogen and oxygen atoms in total. The Labute approximate surface area is 136 Å². The first kappa shape index (κ1) is 16.8. The van der Waals surface area contributed by atoms with Crippen molar-refractivity contribution < 1.29 is 14.3 Å². The van der Waals surface area contributed by atoms with Gasteiger partial charge in [0.05, 0.1) is 13.2 Å². The van der Waals surface area contributed by atoms with E-state index in [-0.39, 0.29) is 5.91 Å². The zero-order chi connectivity index (χ0) is 16.5.